The van der Waals surface area contributed by atoms with E-state index in [1.165, 1.54) is 5.70 Å². The van der Waals surface area contributed by atoms with Crippen LogP contribution in [0.2, 0.25) is 0 Å². The Bertz CT molecular complexity index is 283. The highest BCUT2D eigenvalue weighted by molar-refractivity contribution is 5.61. The van der Waals surface area contributed by atoms with Gasteiger partial charge in [0.15, 0.2) is 0 Å². The SMILES string of the molecule is CC(C)C=NC1=CC(C)(C)NC(C)(C)C1. The fraction of sp³-hybridized carbons (Fsp3) is 0.769. The lowest BCUT2D eigenvalue weighted by Gasteiger charge is -2.40. The Morgan fingerprint density at radius 3 is 2.40 bits per heavy atom. The summed E-state index contributed by atoms with van der Waals surface area (Å²) >= 11 is 0. The van der Waals surface area contributed by atoms with Gasteiger partial charge in [0, 0.05) is 29.4 Å². The lowest BCUT2D eigenvalue weighted by atomic mass is 9.86. The van der Waals surface area contributed by atoms with E-state index in [0.717, 1.165) is 6.42 Å². The zero-order chi connectivity index (χ0) is 11.7. The molecule has 0 saturated carbocycles. The second-order valence-corrected chi connectivity index (χ2v) is 6.07. The van der Waals surface area contributed by atoms with E-state index in [1.807, 2.05) is 6.21 Å². The van der Waals surface area contributed by atoms with Crippen LogP contribution in [0.3, 0.4) is 0 Å². The molecule has 0 atom stereocenters. The highest BCUT2D eigenvalue weighted by Crippen LogP contribution is 2.27. The van der Waals surface area contributed by atoms with Gasteiger partial charge >= 0.3 is 0 Å². The second-order valence-electron chi connectivity index (χ2n) is 6.07. The fourth-order valence-corrected chi connectivity index (χ4v) is 2.20. The van der Waals surface area contributed by atoms with Crippen LogP contribution in [0.4, 0.5) is 0 Å². The number of aliphatic imine (C=N–C) groups is 1. The molecule has 0 fully saturated rings. The van der Waals surface area contributed by atoms with E-state index in [1.54, 1.807) is 0 Å². The van der Waals surface area contributed by atoms with Gasteiger partial charge in [0.05, 0.1) is 0 Å². The second kappa shape index (κ2) is 4.09. The van der Waals surface area contributed by atoms with E-state index in [4.69, 9.17) is 0 Å². The molecule has 0 aromatic rings. The number of rotatable bonds is 2. The van der Waals surface area contributed by atoms with Crippen LogP contribution in [0.5, 0.6) is 0 Å². The largest absolute Gasteiger partial charge is 0.303 e. The van der Waals surface area contributed by atoms with Crippen molar-refractivity contribution >= 4 is 6.21 Å². The topological polar surface area (TPSA) is 24.4 Å². The summed E-state index contributed by atoms with van der Waals surface area (Å²) in [6, 6.07) is 0. The van der Waals surface area contributed by atoms with Crippen molar-refractivity contribution in [3.8, 4) is 0 Å². The molecule has 2 nitrogen and oxygen atoms in total. The molecule has 15 heavy (non-hydrogen) atoms. The van der Waals surface area contributed by atoms with Gasteiger partial charge in [0.2, 0.25) is 0 Å². The van der Waals surface area contributed by atoms with Crippen LogP contribution in [-0.4, -0.2) is 17.3 Å². The predicted octanol–water partition coefficient (Wildman–Crippen LogP) is 3.15. The van der Waals surface area contributed by atoms with E-state index in [0.29, 0.717) is 5.92 Å². The molecule has 0 unspecified atom stereocenters. The Morgan fingerprint density at radius 2 is 1.93 bits per heavy atom. The Morgan fingerprint density at radius 1 is 1.33 bits per heavy atom. The van der Waals surface area contributed by atoms with Gasteiger partial charge in [0.25, 0.3) is 0 Å². The van der Waals surface area contributed by atoms with Gasteiger partial charge < -0.3 is 5.32 Å². The Kier molecular flexibility index (Phi) is 3.39. The molecule has 2 heteroatoms. The van der Waals surface area contributed by atoms with Crippen LogP contribution in [0.15, 0.2) is 16.8 Å². The molecule has 1 aliphatic rings. The van der Waals surface area contributed by atoms with E-state index < -0.39 is 0 Å². The molecule has 0 bridgehead atoms. The summed E-state index contributed by atoms with van der Waals surface area (Å²) in [5.74, 6) is 0.520. The van der Waals surface area contributed by atoms with Gasteiger partial charge in [-0.3, -0.25) is 4.99 Å². The number of nitrogens with zero attached hydrogens (tertiary/aromatic N) is 1. The Labute approximate surface area is 93.9 Å². The van der Waals surface area contributed by atoms with Gasteiger partial charge in [-0.1, -0.05) is 13.8 Å². The van der Waals surface area contributed by atoms with Crippen molar-refractivity contribution in [1.82, 2.24) is 5.32 Å². The molecule has 1 aliphatic heterocycles. The highest BCUT2D eigenvalue weighted by Gasteiger charge is 2.31. The Balaban J connectivity index is 2.85. The minimum Gasteiger partial charge on any atom is -0.303 e. The minimum absolute atomic E-state index is 0.0470. The lowest BCUT2D eigenvalue weighted by Crippen LogP contribution is -2.53. The van der Waals surface area contributed by atoms with Crippen molar-refractivity contribution < 1.29 is 0 Å². The minimum atomic E-state index is 0.0470. The van der Waals surface area contributed by atoms with Crippen LogP contribution in [0.25, 0.3) is 0 Å². The first-order valence-corrected chi connectivity index (χ1v) is 5.75. The standard InChI is InChI=1S/C13H24N2/c1-10(2)9-14-11-7-12(3,4)15-13(5,6)8-11/h7,9-10,15H,8H2,1-6H3. The molecule has 0 amide bonds. The molecular formula is C13H24N2. The van der Waals surface area contributed by atoms with Crippen molar-refractivity contribution in [3.63, 3.8) is 0 Å². The Hall–Kier alpha value is -0.630. The normalized spacial score (nSPS) is 24.6. The van der Waals surface area contributed by atoms with Gasteiger partial charge in [-0.2, -0.15) is 0 Å². The van der Waals surface area contributed by atoms with Crippen LogP contribution in [0, 0.1) is 5.92 Å². The molecule has 1 rings (SSSR count). The number of nitrogens with one attached hydrogen (secondary N) is 1. The maximum atomic E-state index is 4.57. The van der Waals surface area contributed by atoms with Crippen molar-refractivity contribution in [2.24, 2.45) is 10.9 Å². The molecule has 0 aliphatic carbocycles. The predicted molar refractivity (Wildman–Crippen MR) is 67.3 cm³/mol. The summed E-state index contributed by atoms with van der Waals surface area (Å²) < 4.78 is 0. The van der Waals surface area contributed by atoms with Crippen LogP contribution < -0.4 is 5.32 Å². The van der Waals surface area contributed by atoms with Crippen molar-refractivity contribution in [1.29, 1.82) is 0 Å². The smallest absolute Gasteiger partial charge is 0.0396 e. The summed E-state index contributed by atoms with van der Waals surface area (Å²) in [6.07, 6.45) is 5.26. The van der Waals surface area contributed by atoms with Gasteiger partial charge in [0.1, 0.15) is 0 Å². The van der Waals surface area contributed by atoms with Crippen molar-refractivity contribution in [2.45, 2.75) is 59.0 Å². The first-order valence-electron chi connectivity index (χ1n) is 5.75. The van der Waals surface area contributed by atoms with E-state index in [-0.39, 0.29) is 11.1 Å². The zero-order valence-electron chi connectivity index (χ0n) is 10.9. The molecule has 86 valence electrons. The highest BCUT2D eigenvalue weighted by atomic mass is 15.0. The average molecular weight is 208 g/mol. The monoisotopic (exact) mass is 208 g/mol. The van der Waals surface area contributed by atoms with Crippen LogP contribution in [-0.2, 0) is 0 Å². The van der Waals surface area contributed by atoms with E-state index in [9.17, 15) is 0 Å². The third kappa shape index (κ3) is 4.17. The quantitative estimate of drug-likeness (QED) is 0.693. The first-order chi connectivity index (χ1) is 6.70. The van der Waals surface area contributed by atoms with Gasteiger partial charge in [-0.05, 0) is 39.7 Å². The third-order valence-corrected chi connectivity index (χ3v) is 2.35. The third-order valence-electron chi connectivity index (χ3n) is 2.35. The van der Waals surface area contributed by atoms with Crippen LogP contribution >= 0.6 is 0 Å². The summed E-state index contributed by atoms with van der Waals surface area (Å²) in [6.45, 7) is 13.2. The fourth-order valence-electron chi connectivity index (χ4n) is 2.20. The van der Waals surface area contributed by atoms with Gasteiger partial charge in [-0.15, -0.1) is 0 Å². The molecule has 0 aromatic carbocycles. The summed E-state index contributed by atoms with van der Waals surface area (Å²) in [5.41, 5.74) is 1.39. The number of hydrogen-bond donors (Lipinski definition) is 1. The molecule has 1 heterocycles. The molecule has 1 N–H and O–H groups in total. The van der Waals surface area contributed by atoms with Crippen molar-refractivity contribution in [2.75, 3.05) is 0 Å². The molecular weight excluding hydrogens is 184 g/mol. The molecule has 0 saturated heterocycles. The van der Waals surface area contributed by atoms with Gasteiger partial charge in [-0.25, -0.2) is 0 Å². The summed E-state index contributed by atoms with van der Waals surface area (Å²) in [7, 11) is 0. The average Bonchev–Trinajstić information content (AvgIpc) is 1.94. The zero-order valence-corrected chi connectivity index (χ0v) is 10.9. The van der Waals surface area contributed by atoms with E-state index in [2.05, 4.69) is 57.9 Å². The lowest BCUT2D eigenvalue weighted by molar-refractivity contribution is 0.282. The van der Waals surface area contributed by atoms with Crippen LogP contribution in [0.1, 0.15) is 48.0 Å². The maximum absolute atomic E-state index is 4.57. The van der Waals surface area contributed by atoms with Crippen molar-refractivity contribution in [3.05, 3.63) is 11.8 Å². The summed E-state index contributed by atoms with van der Waals surface area (Å²) in [5, 5.41) is 3.60. The molecule has 0 aromatic heterocycles. The molecule has 0 spiro atoms. The summed E-state index contributed by atoms with van der Waals surface area (Å²) in [4.78, 5) is 4.57. The maximum Gasteiger partial charge on any atom is 0.0396 e. The first kappa shape index (κ1) is 12.4. The van der Waals surface area contributed by atoms with E-state index >= 15 is 0 Å². The molecule has 0 radical (unpaired) electrons. The number of hydrogen-bond acceptors (Lipinski definition) is 2.